The summed E-state index contributed by atoms with van der Waals surface area (Å²) in [7, 11) is 0. The minimum Gasteiger partial charge on any atom is -0.444 e. The van der Waals surface area contributed by atoms with Crippen molar-refractivity contribution in [1.82, 2.24) is 25.1 Å². The minimum absolute atomic E-state index is 0.0998. The van der Waals surface area contributed by atoms with Crippen LogP contribution in [0.25, 0.3) is 0 Å². The maximum absolute atomic E-state index is 13.2. The predicted octanol–water partition coefficient (Wildman–Crippen LogP) is 2.84. The third kappa shape index (κ3) is 10.5. The first-order valence-corrected chi connectivity index (χ1v) is 13.9. The smallest absolute Gasteiger partial charge is 0.408 e. The van der Waals surface area contributed by atoms with Gasteiger partial charge in [-0.2, -0.15) is 0 Å². The van der Waals surface area contributed by atoms with E-state index in [-0.39, 0.29) is 24.9 Å². The maximum Gasteiger partial charge on any atom is 0.408 e. The molecule has 0 saturated carbocycles. The standard InChI is InChI=1S/C29H42N6O6/c1-28(2,3)41-27(39)33-29(4,5)26(38)31-22(19-40-18-21-11-7-6-8-12-21)25(37)32-23-17-34(20-30-23)16-13-24(36)35-14-9-10-15-35/h6-8,11-12,17,20,22H,9-10,13-16,18-19H2,1-5H3,(H,31,38)(H,32,37)(H,33,39). The maximum atomic E-state index is 13.2. The average molecular weight is 571 g/mol. The Labute approximate surface area is 241 Å². The minimum atomic E-state index is -1.39. The van der Waals surface area contributed by atoms with Crippen LogP contribution < -0.4 is 16.0 Å². The lowest BCUT2D eigenvalue weighted by atomic mass is 10.0. The molecule has 2 aromatic rings. The van der Waals surface area contributed by atoms with Crippen LogP contribution in [0.4, 0.5) is 10.6 Å². The van der Waals surface area contributed by atoms with E-state index in [0.717, 1.165) is 31.5 Å². The topological polar surface area (TPSA) is 144 Å². The van der Waals surface area contributed by atoms with Gasteiger partial charge in [-0.3, -0.25) is 14.4 Å². The summed E-state index contributed by atoms with van der Waals surface area (Å²) < 4.78 is 12.8. The quantitative estimate of drug-likeness (QED) is 0.356. The SMILES string of the molecule is CC(C)(C)OC(=O)NC(C)(C)C(=O)NC(COCc1ccccc1)C(=O)Nc1cn(CCC(=O)N2CCCC2)cn1. The zero-order chi connectivity index (χ0) is 30.0. The van der Waals surface area contributed by atoms with E-state index in [1.807, 2.05) is 35.2 Å². The Bertz CT molecular complexity index is 1180. The molecular weight excluding hydrogens is 528 g/mol. The number of ether oxygens (including phenoxy) is 2. The van der Waals surface area contributed by atoms with Gasteiger partial charge in [0.05, 0.1) is 19.5 Å². The van der Waals surface area contributed by atoms with Crippen molar-refractivity contribution in [3.63, 3.8) is 0 Å². The molecule has 2 heterocycles. The molecule has 1 aromatic heterocycles. The lowest BCUT2D eigenvalue weighted by Gasteiger charge is -2.29. The van der Waals surface area contributed by atoms with E-state index in [4.69, 9.17) is 9.47 Å². The summed E-state index contributed by atoms with van der Waals surface area (Å²) in [5, 5.41) is 7.93. The largest absolute Gasteiger partial charge is 0.444 e. The first kappa shape index (κ1) is 31.6. The normalized spacial score (nSPS) is 14.3. The molecule has 3 N–H and O–H groups in total. The van der Waals surface area contributed by atoms with E-state index in [2.05, 4.69) is 20.9 Å². The highest BCUT2D eigenvalue weighted by atomic mass is 16.6. The zero-order valence-electron chi connectivity index (χ0n) is 24.6. The summed E-state index contributed by atoms with van der Waals surface area (Å²) in [5.74, 6) is -0.768. The summed E-state index contributed by atoms with van der Waals surface area (Å²) in [5.41, 5.74) is -1.22. The van der Waals surface area contributed by atoms with E-state index in [1.54, 1.807) is 37.9 Å². The van der Waals surface area contributed by atoms with Gasteiger partial charge in [0, 0.05) is 32.3 Å². The number of imidazole rings is 1. The van der Waals surface area contributed by atoms with E-state index < -0.39 is 35.1 Å². The predicted molar refractivity (Wildman–Crippen MR) is 153 cm³/mol. The second-order valence-electron chi connectivity index (χ2n) is 11.6. The Morgan fingerprint density at radius 1 is 1.02 bits per heavy atom. The van der Waals surface area contributed by atoms with Crippen molar-refractivity contribution in [2.45, 2.75) is 84.2 Å². The van der Waals surface area contributed by atoms with Gasteiger partial charge in [-0.1, -0.05) is 30.3 Å². The van der Waals surface area contributed by atoms with E-state index in [1.165, 1.54) is 13.8 Å². The number of alkyl carbamates (subject to hydrolysis) is 1. The molecule has 1 aliphatic rings. The van der Waals surface area contributed by atoms with Gasteiger partial charge in [0.15, 0.2) is 5.82 Å². The van der Waals surface area contributed by atoms with Gasteiger partial charge >= 0.3 is 6.09 Å². The number of hydrogen-bond acceptors (Lipinski definition) is 7. The Morgan fingerprint density at radius 3 is 2.37 bits per heavy atom. The van der Waals surface area contributed by atoms with Gasteiger partial charge in [-0.05, 0) is 53.0 Å². The highest BCUT2D eigenvalue weighted by Crippen LogP contribution is 2.13. The Kier molecular flexibility index (Phi) is 10.9. The molecule has 3 rings (SSSR count). The molecule has 1 aromatic carbocycles. The Hall–Kier alpha value is -3.93. The van der Waals surface area contributed by atoms with E-state index in [0.29, 0.717) is 13.0 Å². The number of nitrogens with zero attached hydrogens (tertiary/aromatic N) is 3. The molecule has 1 unspecified atom stereocenters. The van der Waals surface area contributed by atoms with Gasteiger partial charge in [0.1, 0.15) is 17.2 Å². The fourth-order valence-electron chi connectivity index (χ4n) is 4.12. The van der Waals surface area contributed by atoms with E-state index >= 15 is 0 Å². The molecule has 0 aliphatic carbocycles. The monoisotopic (exact) mass is 570 g/mol. The fourth-order valence-corrected chi connectivity index (χ4v) is 4.12. The summed E-state index contributed by atoms with van der Waals surface area (Å²) in [6.07, 6.45) is 4.83. The fraction of sp³-hybridized carbons (Fsp3) is 0.552. The Morgan fingerprint density at radius 2 is 1.71 bits per heavy atom. The van der Waals surface area contributed by atoms with Crippen molar-refractivity contribution in [2.24, 2.45) is 0 Å². The molecule has 12 nitrogen and oxygen atoms in total. The summed E-state index contributed by atoms with van der Waals surface area (Å²) >= 11 is 0. The molecule has 1 fully saturated rings. The highest BCUT2D eigenvalue weighted by Gasteiger charge is 2.34. The number of aromatic nitrogens is 2. The van der Waals surface area contributed by atoms with Crippen LogP contribution in [-0.4, -0.2) is 75.1 Å². The molecule has 0 spiro atoms. The molecule has 4 amide bonds. The number of amides is 4. The van der Waals surface area contributed by atoms with Crippen molar-refractivity contribution in [3.8, 4) is 0 Å². The van der Waals surface area contributed by atoms with Gasteiger partial charge in [-0.15, -0.1) is 0 Å². The third-order valence-corrected chi connectivity index (χ3v) is 6.33. The van der Waals surface area contributed by atoms with Crippen molar-refractivity contribution in [3.05, 3.63) is 48.4 Å². The van der Waals surface area contributed by atoms with Gasteiger partial charge in [0.2, 0.25) is 11.8 Å². The molecule has 41 heavy (non-hydrogen) atoms. The number of benzene rings is 1. The molecule has 12 heteroatoms. The van der Waals surface area contributed by atoms with Crippen LogP contribution >= 0.6 is 0 Å². The molecule has 0 radical (unpaired) electrons. The van der Waals surface area contributed by atoms with Gasteiger partial charge < -0.3 is 34.9 Å². The van der Waals surface area contributed by atoms with Crippen LogP contribution in [0.15, 0.2) is 42.9 Å². The van der Waals surface area contributed by atoms with Crippen LogP contribution in [0, 0.1) is 0 Å². The van der Waals surface area contributed by atoms with Crippen molar-refractivity contribution in [2.75, 3.05) is 25.0 Å². The number of rotatable bonds is 12. The summed E-state index contributed by atoms with van der Waals surface area (Å²) in [6, 6.07) is 8.34. The second-order valence-corrected chi connectivity index (χ2v) is 11.6. The number of anilines is 1. The summed E-state index contributed by atoms with van der Waals surface area (Å²) in [4.78, 5) is 57.1. The first-order valence-electron chi connectivity index (χ1n) is 13.9. The molecule has 224 valence electrons. The molecule has 1 atom stereocenters. The lowest BCUT2D eigenvalue weighted by Crippen LogP contribution is -2.59. The zero-order valence-corrected chi connectivity index (χ0v) is 24.6. The number of carbonyl (C=O) groups is 4. The van der Waals surface area contributed by atoms with Crippen molar-refractivity contribution < 1.29 is 28.7 Å². The third-order valence-electron chi connectivity index (χ3n) is 6.33. The van der Waals surface area contributed by atoms with Crippen LogP contribution in [0.1, 0.15) is 59.4 Å². The van der Waals surface area contributed by atoms with Crippen molar-refractivity contribution in [1.29, 1.82) is 0 Å². The molecule has 0 bridgehead atoms. The van der Waals surface area contributed by atoms with Crippen LogP contribution in [0.2, 0.25) is 0 Å². The first-order chi connectivity index (χ1) is 19.3. The second kappa shape index (κ2) is 14.1. The van der Waals surface area contributed by atoms with E-state index in [9.17, 15) is 19.2 Å². The van der Waals surface area contributed by atoms with Crippen LogP contribution in [-0.2, 0) is 37.0 Å². The lowest BCUT2D eigenvalue weighted by molar-refractivity contribution is -0.131. The number of nitrogens with one attached hydrogen (secondary N) is 3. The number of carbonyl (C=O) groups excluding carboxylic acids is 4. The number of hydrogen-bond donors (Lipinski definition) is 3. The molecule has 1 saturated heterocycles. The van der Waals surface area contributed by atoms with Crippen LogP contribution in [0.3, 0.4) is 0 Å². The summed E-state index contributed by atoms with van der Waals surface area (Å²) in [6.45, 7) is 10.3. The average Bonchev–Trinajstić information content (AvgIpc) is 3.58. The number of aryl methyl sites for hydroxylation is 1. The van der Waals surface area contributed by atoms with Gasteiger partial charge in [0.25, 0.3) is 5.91 Å². The molecule has 1 aliphatic heterocycles. The van der Waals surface area contributed by atoms with Gasteiger partial charge in [-0.25, -0.2) is 9.78 Å². The molecular formula is C29H42N6O6. The Balaban J connectivity index is 1.62. The van der Waals surface area contributed by atoms with Crippen LogP contribution in [0.5, 0.6) is 0 Å². The van der Waals surface area contributed by atoms with Crippen molar-refractivity contribution >= 4 is 29.6 Å². The highest BCUT2D eigenvalue weighted by molar-refractivity contribution is 5.98. The number of likely N-dealkylation sites (tertiary alicyclic amines) is 1.